The Morgan fingerprint density at radius 1 is 1.06 bits per heavy atom. The number of aromatic amines is 1. The van der Waals surface area contributed by atoms with Crippen LogP contribution in [-0.4, -0.2) is 18.6 Å². The maximum absolute atomic E-state index is 13.2. The average Bonchev–Trinajstić information content (AvgIpc) is 3.17. The Hall–Kier alpha value is -2.65. The number of fused-ring (bicyclic) bond motifs is 1. The smallest absolute Gasteiger partial charge is 0.391 e. The Labute approximate surface area is 188 Å². The zero-order chi connectivity index (χ0) is 22.2. The molecule has 1 heterocycles. The molecule has 0 aliphatic rings. The zero-order valence-electron chi connectivity index (χ0n) is 16.2. The topological polar surface area (TPSA) is 105 Å². The van der Waals surface area contributed by atoms with Gasteiger partial charge in [-0.2, -0.15) is 4.72 Å². The highest BCUT2D eigenvalue weighted by Gasteiger charge is 2.32. The molecule has 0 bridgehead atoms. The molecule has 0 spiro atoms. The van der Waals surface area contributed by atoms with Gasteiger partial charge < -0.3 is 4.42 Å². The van der Waals surface area contributed by atoms with Gasteiger partial charge in [0.2, 0.25) is 15.9 Å². The van der Waals surface area contributed by atoms with Crippen LogP contribution in [-0.2, 0) is 10.0 Å². The van der Waals surface area contributed by atoms with Gasteiger partial charge in [0.15, 0.2) is 0 Å². The first-order valence-electron chi connectivity index (χ1n) is 9.27. The standard InChI is InChI=1S/C21H17Cl2N3O4S/c1-12(15-8-4-6-13-5-2-3-7-16(13)15)19(20-24-25-21(27)30-20)26-31(28,29)18-10-9-14(22)11-17(18)23/h2-12,19,26H,1H3,(H,25,27). The number of rotatable bonds is 6. The molecule has 10 heteroatoms. The van der Waals surface area contributed by atoms with E-state index in [9.17, 15) is 13.2 Å². The summed E-state index contributed by atoms with van der Waals surface area (Å²) in [5, 5.41) is 8.28. The number of hydrogen-bond donors (Lipinski definition) is 2. The highest BCUT2D eigenvalue weighted by molar-refractivity contribution is 7.89. The van der Waals surface area contributed by atoms with E-state index in [1.807, 2.05) is 49.4 Å². The predicted molar refractivity (Wildman–Crippen MR) is 119 cm³/mol. The van der Waals surface area contributed by atoms with E-state index >= 15 is 0 Å². The highest BCUT2D eigenvalue weighted by Crippen LogP contribution is 2.35. The maximum Gasteiger partial charge on any atom is 0.434 e. The molecule has 1 aromatic heterocycles. The summed E-state index contributed by atoms with van der Waals surface area (Å²) in [6.07, 6.45) is 0. The van der Waals surface area contributed by atoms with Gasteiger partial charge in [0.1, 0.15) is 10.9 Å². The number of benzene rings is 3. The van der Waals surface area contributed by atoms with Gasteiger partial charge in [-0.1, -0.05) is 72.6 Å². The van der Waals surface area contributed by atoms with Gasteiger partial charge in [0.25, 0.3) is 0 Å². The molecule has 0 saturated carbocycles. The van der Waals surface area contributed by atoms with Gasteiger partial charge in [-0.25, -0.2) is 18.3 Å². The summed E-state index contributed by atoms with van der Waals surface area (Å²) in [4.78, 5) is 11.4. The minimum Gasteiger partial charge on any atom is -0.391 e. The normalized spacial score (nSPS) is 13.9. The molecule has 2 unspecified atom stereocenters. The van der Waals surface area contributed by atoms with Crippen molar-refractivity contribution in [1.29, 1.82) is 0 Å². The predicted octanol–water partition coefficient (Wildman–Crippen LogP) is 4.65. The van der Waals surface area contributed by atoms with Gasteiger partial charge in [-0.05, 0) is 34.5 Å². The van der Waals surface area contributed by atoms with E-state index in [4.69, 9.17) is 27.6 Å². The van der Waals surface area contributed by atoms with Gasteiger partial charge in [0.05, 0.1) is 5.02 Å². The molecular weight excluding hydrogens is 461 g/mol. The van der Waals surface area contributed by atoms with E-state index in [-0.39, 0.29) is 15.8 Å². The first kappa shape index (κ1) is 21.6. The minimum absolute atomic E-state index is 0.0277. The van der Waals surface area contributed by atoms with Crippen LogP contribution in [0.5, 0.6) is 0 Å². The number of aromatic nitrogens is 2. The zero-order valence-corrected chi connectivity index (χ0v) is 18.5. The van der Waals surface area contributed by atoms with E-state index in [1.165, 1.54) is 18.2 Å². The number of nitrogens with zero attached hydrogens (tertiary/aromatic N) is 1. The van der Waals surface area contributed by atoms with Crippen molar-refractivity contribution in [2.75, 3.05) is 0 Å². The molecule has 160 valence electrons. The fraction of sp³-hybridized carbons (Fsp3) is 0.143. The number of halogens is 2. The molecule has 0 aliphatic carbocycles. The van der Waals surface area contributed by atoms with E-state index in [0.717, 1.165) is 16.3 Å². The third-order valence-electron chi connectivity index (χ3n) is 5.00. The molecule has 0 amide bonds. The van der Waals surface area contributed by atoms with Crippen LogP contribution in [0.4, 0.5) is 0 Å². The van der Waals surface area contributed by atoms with E-state index in [0.29, 0.717) is 5.02 Å². The van der Waals surface area contributed by atoms with Crippen LogP contribution >= 0.6 is 23.2 Å². The van der Waals surface area contributed by atoms with Crippen LogP contribution in [0.1, 0.15) is 30.3 Å². The second-order valence-electron chi connectivity index (χ2n) is 6.98. The lowest BCUT2D eigenvalue weighted by Gasteiger charge is -2.24. The summed E-state index contributed by atoms with van der Waals surface area (Å²) in [5.41, 5.74) is 0.860. The highest BCUT2D eigenvalue weighted by atomic mass is 35.5. The third kappa shape index (κ3) is 4.38. The minimum atomic E-state index is -4.11. The molecule has 2 atom stereocenters. The molecule has 0 radical (unpaired) electrons. The molecule has 2 N–H and O–H groups in total. The molecule has 31 heavy (non-hydrogen) atoms. The summed E-state index contributed by atoms with van der Waals surface area (Å²) in [7, 11) is -4.11. The van der Waals surface area contributed by atoms with Crippen molar-refractivity contribution in [2.45, 2.75) is 23.8 Å². The number of hydrogen-bond acceptors (Lipinski definition) is 5. The quantitative estimate of drug-likeness (QED) is 0.420. The lowest BCUT2D eigenvalue weighted by atomic mass is 9.89. The summed E-state index contributed by atoms with van der Waals surface area (Å²) in [5.74, 6) is -1.31. The fourth-order valence-corrected chi connectivity index (χ4v) is 5.53. The average molecular weight is 478 g/mol. The number of H-pyrrole nitrogens is 1. The van der Waals surface area contributed by atoms with Crippen LogP contribution in [0.3, 0.4) is 0 Å². The number of nitrogens with one attached hydrogen (secondary N) is 2. The lowest BCUT2D eigenvalue weighted by Crippen LogP contribution is -2.32. The van der Waals surface area contributed by atoms with Crippen LogP contribution in [0.25, 0.3) is 10.8 Å². The SMILES string of the molecule is CC(c1cccc2ccccc12)C(NS(=O)(=O)c1ccc(Cl)cc1Cl)c1n[nH]c(=O)o1. The Balaban J connectivity index is 1.80. The lowest BCUT2D eigenvalue weighted by molar-refractivity contribution is 0.382. The first-order chi connectivity index (χ1) is 14.8. The second kappa shape index (κ2) is 8.47. The largest absolute Gasteiger partial charge is 0.434 e. The molecule has 0 aliphatic heterocycles. The second-order valence-corrected chi connectivity index (χ2v) is 9.51. The molecule has 7 nitrogen and oxygen atoms in total. The molecule has 0 fully saturated rings. The van der Waals surface area contributed by atoms with Gasteiger partial charge >= 0.3 is 5.76 Å². The van der Waals surface area contributed by atoms with Crippen molar-refractivity contribution >= 4 is 44.0 Å². The Kier molecular flexibility index (Phi) is 5.90. The summed E-state index contributed by atoms with van der Waals surface area (Å²) >= 11 is 12.0. The Bertz CT molecular complexity index is 1410. The van der Waals surface area contributed by atoms with Crippen LogP contribution < -0.4 is 10.5 Å². The van der Waals surface area contributed by atoms with Crippen molar-refractivity contribution in [3.8, 4) is 0 Å². The first-order valence-corrected chi connectivity index (χ1v) is 11.5. The summed E-state index contributed by atoms with van der Waals surface area (Å²) in [6, 6.07) is 16.6. The van der Waals surface area contributed by atoms with Gasteiger partial charge in [-0.15, -0.1) is 5.10 Å². The fourth-order valence-electron chi connectivity index (χ4n) is 3.49. The summed E-state index contributed by atoms with van der Waals surface area (Å²) < 4.78 is 34.0. The maximum atomic E-state index is 13.2. The molecule has 0 saturated heterocycles. The van der Waals surface area contributed by atoms with Crippen LogP contribution in [0.15, 0.2) is 74.8 Å². The Morgan fingerprint density at radius 2 is 1.81 bits per heavy atom. The van der Waals surface area contributed by atoms with Crippen molar-refractivity contribution in [3.05, 3.63) is 92.7 Å². The van der Waals surface area contributed by atoms with Gasteiger partial charge in [0, 0.05) is 10.9 Å². The summed E-state index contributed by atoms with van der Waals surface area (Å²) in [6.45, 7) is 1.83. The molecular formula is C21H17Cl2N3O4S. The monoisotopic (exact) mass is 477 g/mol. The van der Waals surface area contributed by atoms with Crippen LogP contribution in [0.2, 0.25) is 10.0 Å². The van der Waals surface area contributed by atoms with Crippen LogP contribution in [0, 0.1) is 0 Å². The van der Waals surface area contributed by atoms with Crippen molar-refractivity contribution < 1.29 is 12.8 Å². The van der Waals surface area contributed by atoms with Crippen molar-refractivity contribution in [1.82, 2.24) is 14.9 Å². The third-order valence-corrected chi connectivity index (χ3v) is 7.16. The van der Waals surface area contributed by atoms with Crippen molar-refractivity contribution in [2.24, 2.45) is 0 Å². The van der Waals surface area contributed by atoms with E-state index in [2.05, 4.69) is 14.9 Å². The van der Waals surface area contributed by atoms with E-state index in [1.54, 1.807) is 0 Å². The van der Waals surface area contributed by atoms with Gasteiger partial charge in [-0.3, -0.25) is 0 Å². The molecule has 4 rings (SSSR count). The van der Waals surface area contributed by atoms with E-state index < -0.39 is 27.7 Å². The molecule has 4 aromatic rings. The Morgan fingerprint density at radius 3 is 2.52 bits per heavy atom. The van der Waals surface area contributed by atoms with Crippen molar-refractivity contribution in [3.63, 3.8) is 0 Å². The number of sulfonamides is 1. The molecule has 3 aromatic carbocycles.